The largest absolute Gasteiger partial charge is 0.344 e. The molecule has 1 heterocycles. The molecular formula is C19H28N4. The molecule has 4 heteroatoms. The fourth-order valence-corrected chi connectivity index (χ4v) is 2.54. The van der Waals surface area contributed by atoms with Crippen molar-refractivity contribution >= 4 is 17.5 Å². The number of benzene rings is 1. The van der Waals surface area contributed by atoms with Crippen molar-refractivity contribution in [1.29, 1.82) is 0 Å². The minimum atomic E-state index is 0.466. The van der Waals surface area contributed by atoms with Crippen molar-refractivity contribution in [1.82, 2.24) is 9.97 Å². The van der Waals surface area contributed by atoms with Crippen LogP contribution in [0.2, 0.25) is 0 Å². The van der Waals surface area contributed by atoms with Crippen LogP contribution in [0, 0.1) is 6.92 Å². The molecule has 0 saturated heterocycles. The van der Waals surface area contributed by atoms with Crippen LogP contribution in [0.5, 0.6) is 0 Å². The first-order valence-electron chi connectivity index (χ1n) is 8.44. The number of para-hydroxylation sites is 1. The van der Waals surface area contributed by atoms with E-state index >= 15 is 0 Å². The van der Waals surface area contributed by atoms with Crippen molar-refractivity contribution in [3.05, 3.63) is 41.6 Å². The number of rotatable bonds is 7. The minimum Gasteiger partial charge on any atom is -0.344 e. The standard InChI is InChI=1S/C19H28N4/c1-6-7-12-23(5)19-20-15(4)13-18(22-19)21-17-11-9-8-10-16(17)14(2)3/h8-11,13-14H,6-7,12H2,1-5H3,(H,20,21,22). The van der Waals surface area contributed by atoms with Crippen LogP contribution < -0.4 is 10.2 Å². The lowest BCUT2D eigenvalue weighted by Gasteiger charge is -2.19. The van der Waals surface area contributed by atoms with Crippen molar-refractivity contribution in [2.45, 2.75) is 46.5 Å². The molecule has 1 aromatic carbocycles. The van der Waals surface area contributed by atoms with E-state index in [-0.39, 0.29) is 0 Å². The summed E-state index contributed by atoms with van der Waals surface area (Å²) in [4.78, 5) is 11.4. The van der Waals surface area contributed by atoms with Crippen LogP contribution in [0.25, 0.3) is 0 Å². The number of nitrogens with zero attached hydrogens (tertiary/aromatic N) is 3. The maximum Gasteiger partial charge on any atom is 0.227 e. The molecule has 2 aromatic rings. The molecule has 0 fully saturated rings. The predicted molar refractivity (Wildman–Crippen MR) is 98.8 cm³/mol. The van der Waals surface area contributed by atoms with Crippen molar-refractivity contribution < 1.29 is 0 Å². The van der Waals surface area contributed by atoms with Gasteiger partial charge in [-0.1, -0.05) is 45.4 Å². The van der Waals surface area contributed by atoms with Crippen molar-refractivity contribution in [3.63, 3.8) is 0 Å². The number of hydrogen-bond acceptors (Lipinski definition) is 4. The third-order valence-corrected chi connectivity index (χ3v) is 3.88. The molecule has 0 unspecified atom stereocenters. The molecule has 4 nitrogen and oxygen atoms in total. The van der Waals surface area contributed by atoms with E-state index in [1.54, 1.807) is 0 Å². The Kier molecular flexibility index (Phi) is 5.97. The summed E-state index contributed by atoms with van der Waals surface area (Å²) in [5.41, 5.74) is 3.38. The molecule has 0 aliphatic carbocycles. The molecule has 0 aliphatic rings. The van der Waals surface area contributed by atoms with Gasteiger partial charge >= 0.3 is 0 Å². The first-order valence-corrected chi connectivity index (χ1v) is 8.44. The van der Waals surface area contributed by atoms with E-state index in [4.69, 9.17) is 0 Å². The quantitative estimate of drug-likeness (QED) is 0.790. The molecule has 0 aliphatic heterocycles. The first kappa shape index (κ1) is 17.3. The Hall–Kier alpha value is -2.10. The summed E-state index contributed by atoms with van der Waals surface area (Å²) in [5, 5.41) is 3.47. The van der Waals surface area contributed by atoms with Gasteiger partial charge in [-0.05, 0) is 30.9 Å². The highest BCUT2D eigenvalue weighted by molar-refractivity contribution is 5.62. The number of aryl methyl sites for hydroxylation is 1. The maximum atomic E-state index is 4.69. The molecule has 23 heavy (non-hydrogen) atoms. The Bertz CT molecular complexity index is 637. The van der Waals surface area contributed by atoms with Crippen molar-refractivity contribution in [2.75, 3.05) is 23.8 Å². The van der Waals surface area contributed by atoms with E-state index < -0.39 is 0 Å². The molecule has 0 bridgehead atoms. The lowest BCUT2D eigenvalue weighted by Crippen LogP contribution is -2.21. The van der Waals surface area contributed by atoms with E-state index in [1.165, 1.54) is 12.0 Å². The Balaban J connectivity index is 2.25. The summed E-state index contributed by atoms with van der Waals surface area (Å²) in [6, 6.07) is 10.4. The zero-order valence-corrected chi connectivity index (χ0v) is 14.9. The van der Waals surface area contributed by atoms with Crippen LogP contribution in [0.3, 0.4) is 0 Å². The highest BCUT2D eigenvalue weighted by Gasteiger charge is 2.10. The molecule has 0 atom stereocenters. The first-order chi connectivity index (χ1) is 11.0. The minimum absolute atomic E-state index is 0.466. The number of nitrogens with one attached hydrogen (secondary N) is 1. The molecule has 124 valence electrons. The van der Waals surface area contributed by atoms with E-state index in [9.17, 15) is 0 Å². The van der Waals surface area contributed by atoms with E-state index in [2.05, 4.69) is 72.3 Å². The number of aromatic nitrogens is 2. The van der Waals surface area contributed by atoms with Crippen LogP contribution in [-0.4, -0.2) is 23.6 Å². The second kappa shape index (κ2) is 7.95. The Morgan fingerprint density at radius 2 is 1.91 bits per heavy atom. The lowest BCUT2D eigenvalue weighted by atomic mass is 10.0. The molecule has 2 rings (SSSR count). The van der Waals surface area contributed by atoms with Crippen molar-refractivity contribution in [2.24, 2.45) is 0 Å². The van der Waals surface area contributed by atoms with Crippen LogP contribution >= 0.6 is 0 Å². The molecule has 1 aromatic heterocycles. The van der Waals surface area contributed by atoms with Gasteiger partial charge in [0.15, 0.2) is 0 Å². The van der Waals surface area contributed by atoms with Gasteiger partial charge < -0.3 is 10.2 Å². The van der Waals surface area contributed by atoms with Gasteiger partial charge in [-0.15, -0.1) is 0 Å². The molecular weight excluding hydrogens is 284 g/mol. The Morgan fingerprint density at radius 3 is 2.61 bits per heavy atom. The number of hydrogen-bond donors (Lipinski definition) is 1. The van der Waals surface area contributed by atoms with E-state index in [0.29, 0.717) is 5.92 Å². The van der Waals surface area contributed by atoms with Gasteiger partial charge in [0.2, 0.25) is 5.95 Å². The SMILES string of the molecule is CCCCN(C)c1nc(C)cc(Nc2ccccc2C(C)C)n1. The summed E-state index contributed by atoms with van der Waals surface area (Å²) >= 11 is 0. The summed E-state index contributed by atoms with van der Waals surface area (Å²) < 4.78 is 0. The molecule has 0 amide bonds. The average Bonchev–Trinajstić information content (AvgIpc) is 2.52. The summed E-state index contributed by atoms with van der Waals surface area (Å²) in [6.07, 6.45) is 2.32. The van der Waals surface area contributed by atoms with E-state index in [0.717, 1.165) is 36.1 Å². The highest BCUT2D eigenvalue weighted by Crippen LogP contribution is 2.27. The monoisotopic (exact) mass is 312 g/mol. The van der Waals surface area contributed by atoms with Gasteiger partial charge in [0.05, 0.1) is 0 Å². The molecule has 0 saturated carbocycles. The van der Waals surface area contributed by atoms with Crippen molar-refractivity contribution in [3.8, 4) is 0 Å². The topological polar surface area (TPSA) is 41.1 Å². The van der Waals surface area contributed by atoms with Gasteiger partial charge in [-0.25, -0.2) is 4.98 Å². The highest BCUT2D eigenvalue weighted by atomic mass is 15.2. The van der Waals surface area contributed by atoms with E-state index in [1.807, 2.05) is 13.0 Å². The molecule has 0 spiro atoms. The fourth-order valence-electron chi connectivity index (χ4n) is 2.54. The summed E-state index contributed by atoms with van der Waals surface area (Å²) in [5.74, 6) is 2.10. The third-order valence-electron chi connectivity index (χ3n) is 3.88. The van der Waals surface area contributed by atoms with Gasteiger partial charge in [0.1, 0.15) is 5.82 Å². The predicted octanol–water partition coefficient (Wildman–Crippen LogP) is 4.89. The number of anilines is 3. The number of unbranched alkanes of at least 4 members (excludes halogenated alkanes) is 1. The second-order valence-electron chi connectivity index (χ2n) is 6.34. The summed E-state index contributed by atoms with van der Waals surface area (Å²) in [6.45, 7) is 9.59. The zero-order chi connectivity index (χ0) is 16.8. The van der Waals surface area contributed by atoms with Crippen LogP contribution in [0.4, 0.5) is 17.5 Å². The van der Waals surface area contributed by atoms with Crippen LogP contribution in [-0.2, 0) is 0 Å². The second-order valence-corrected chi connectivity index (χ2v) is 6.34. The van der Waals surface area contributed by atoms with Crippen LogP contribution in [0.1, 0.15) is 50.8 Å². The summed E-state index contributed by atoms with van der Waals surface area (Å²) in [7, 11) is 2.05. The third kappa shape index (κ3) is 4.68. The smallest absolute Gasteiger partial charge is 0.227 e. The Morgan fingerprint density at radius 1 is 1.17 bits per heavy atom. The van der Waals surface area contributed by atoms with Gasteiger partial charge in [-0.2, -0.15) is 4.98 Å². The fraction of sp³-hybridized carbons (Fsp3) is 0.474. The van der Waals surface area contributed by atoms with Gasteiger partial charge in [0.25, 0.3) is 0 Å². The van der Waals surface area contributed by atoms with Crippen LogP contribution in [0.15, 0.2) is 30.3 Å². The molecule has 1 N–H and O–H groups in total. The normalized spacial score (nSPS) is 10.9. The Labute approximate surface area is 140 Å². The van der Waals surface area contributed by atoms with Gasteiger partial charge in [0, 0.05) is 31.0 Å². The average molecular weight is 312 g/mol. The maximum absolute atomic E-state index is 4.69. The lowest BCUT2D eigenvalue weighted by molar-refractivity contribution is 0.749. The molecule has 0 radical (unpaired) electrons. The zero-order valence-electron chi connectivity index (χ0n) is 14.9. The van der Waals surface area contributed by atoms with Gasteiger partial charge in [-0.3, -0.25) is 0 Å².